The quantitative estimate of drug-likeness (QED) is 0.497. The summed E-state index contributed by atoms with van der Waals surface area (Å²) in [7, 11) is 0. The number of nitrogens with one attached hydrogen (secondary N) is 1. The minimum Gasteiger partial charge on any atom is -0.507 e. The molecule has 2 aromatic rings. The Morgan fingerprint density at radius 2 is 1.70 bits per heavy atom. The zero-order valence-corrected chi connectivity index (χ0v) is 15.6. The van der Waals surface area contributed by atoms with E-state index >= 15 is 0 Å². The first-order chi connectivity index (χ1) is 10.8. The molecular formula is C16H14Br2N2O3. The SMILES string of the molecule is Cc1cc(C=NNC(=O)c2cc(Br)cc(Br)c2O)cc(C)c1O. The second-order valence-electron chi connectivity index (χ2n) is 4.99. The molecule has 0 radical (unpaired) electrons. The first-order valence-corrected chi connectivity index (χ1v) is 8.20. The molecule has 0 atom stereocenters. The van der Waals surface area contributed by atoms with Crippen molar-refractivity contribution in [1.29, 1.82) is 0 Å². The number of hydrogen-bond acceptors (Lipinski definition) is 4. The number of hydrogen-bond donors (Lipinski definition) is 3. The molecule has 0 saturated carbocycles. The standard InChI is InChI=1S/C16H14Br2N2O3/c1-8-3-10(4-9(2)14(8)21)7-19-20-16(23)12-5-11(17)6-13(18)15(12)22/h3-7,21-22H,1-2H3,(H,20,23). The molecule has 0 heterocycles. The number of aryl methyl sites for hydroxylation is 2. The van der Waals surface area contributed by atoms with Gasteiger partial charge in [0.05, 0.1) is 16.3 Å². The number of amides is 1. The van der Waals surface area contributed by atoms with Crippen molar-refractivity contribution in [3.05, 3.63) is 55.5 Å². The molecule has 0 aliphatic rings. The van der Waals surface area contributed by atoms with Crippen LogP contribution in [0.2, 0.25) is 0 Å². The van der Waals surface area contributed by atoms with E-state index < -0.39 is 5.91 Å². The molecule has 23 heavy (non-hydrogen) atoms. The number of nitrogens with zero attached hydrogens (tertiary/aromatic N) is 1. The van der Waals surface area contributed by atoms with Crippen molar-refractivity contribution < 1.29 is 15.0 Å². The molecule has 0 aliphatic carbocycles. The molecule has 0 saturated heterocycles. The fourth-order valence-corrected chi connectivity index (χ4v) is 3.25. The molecule has 2 rings (SSSR count). The molecule has 0 bridgehead atoms. The molecule has 0 fully saturated rings. The predicted molar refractivity (Wildman–Crippen MR) is 96.1 cm³/mol. The van der Waals surface area contributed by atoms with E-state index in [4.69, 9.17) is 0 Å². The normalized spacial score (nSPS) is 11.0. The zero-order chi connectivity index (χ0) is 17.1. The van der Waals surface area contributed by atoms with E-state index in [2.05, 4.69) is 42.4 Å². The Bertz CT molecular complexity index is 781. The Balaban J connectivity index is 2.16. The number of carbonyl (C=O) groups is 1. The van der Waals surface area contributed by atoms with E-state index in [1.165, 1.54) is 12.3 Å². The maximum atomic E-state index is 12.1. The number of rotatable bonds is 3. The van der Waals surface area contributed by atoms with E-state index in [1.807, 2.05) is 0 Å². The molecule has 2 aromatic carbocycles. The molecule has 0 aliphatic heterocycles. The van der Waals surface area contributed by atoms with Gasteiger partial charge in [-0.05, 0) is 70.7 Å². The van der Waals surface area contributed by atoms with Crippen LogP contribution in [-0.4, -0.2) is 22.3 Å². The van der Waals surface area contributed by atoms with Crippen LogP contribution >= 0.6 is 31.9 Å². The average Bonchev–Trinajstić information content (AvgIpc) is 2.48. The van der Waals surface area contributed by atoms with Crippen molar-refractivity contribution >= 4 is 44.0 Å². The topological polar surface area (TPSA) is 81.9 Å². The molecule has 0 spiro atoms. The average molecular weight is 442 g/mol. The third kappa shape index (κ3) is 4.11. The Kier molecular flexibility index (Phi) is 5.43. The lowest BCUT2D eigenvalue weighted by Gasteiger charge is -2.06. The number of phenolic OH excluding ortho intramolecular Hbond substituents is 2. The van der Waals surface area contributed by atoms with Crippen LogP contribution in [-0.2, 0) is 0 Å². The molecule has 7 heteroatoms. The van der Waals surface area contributed by atoms with Crippen LogP contribution in [0.3, 0.4) is 0 Å². The van der Waals surface area contributed by atoms with E-state index in [1.54, 1.807) is 32.0 Å². The maximum absolute atomic E-state index is 12.1. The highest BCUT2D eigenvalue weighted by atomic mass is 79.9. The lowest BCUT2D eigenvalue weighted by molar-refractivity contribution is 0.0952. The number of phenols is 2. The summed E-state index contributed by atoms with van der Waals surface area (Å²) in [6, 6.07) is 6.65. The van der Waals surface area contributed by atoms with E-state index in [9.17, 15) is 15.0 Å². The summed E-state index contributed by atoms with van der Waals surface area (Å²) in [6.07, 6.45) is 1.47. The molecule has 1 amide bonds. The van der Waals surface area contributed by atoms with Crippen LogP contribution in [0.5, 0.6) is 11.5 Å². The van der Waals surface area contributed by atoms with Crippen LogP contribution in [0.15, 0.2) is 38.3 Å². The highest BCUT2D eigenvalue weighted by Crippen LogP contribution is 2.31. The Hall–Kier alpha value is -1.86. The summed E-state index contributed by atoms with van der Waals surface area (Å²) in [5, 5.41) is 23.5. The molecule has 5 nitrogen and oxygen atoms in total. The second kappa shape index (κ2) is 7.14. The lowest BCUT2D eigenvalue weighted by Crippen LogP contribution is -2.18. The van der Waals surface area contributed by atoms with Gasteiger partial charge in [0.2, 0.25) is 0 Å². The van der Waals surface area contributed by atoms with Crippen molar-refractivity contribution in [2.24, 2.45) is 5.10 Å². The van der Waals surface area contributed by atoms with Crippen LogP contribution in [0.25, 0.3) is 0 Å². The minimum atomic E-state index is -0.534. The predicted octanol–water partition coefficient (Wildman–Crippen LogP) is 4.00. The summed E-state index contributed by atoms with van der Waals surface area (Å²) in [6.45, 7) is 3.57. The second-order valence-corrected chi connectivity index (χ2v) is 6.76. The maximum Gasteiger partial charge on any atom is 0.275 e. The largest absolute Gasteiger partial charge is 0.507 e. The zero-order valence-electron chi connectivity index (χ0n) is 12.4. The van der Waals surface area contributed by atoms with Gasteiger partial charge in [-0.3, -0.25) is 4.79 Å². The summed E-state index contributed by atoms with van der Waals surface area (Å²) in [5.41, 5.74) is 4.67. The first-order valence-electron chi connectivity index (χ1n) is 6.61. The van der Waals surface area contributed by atoms with Gasteiger partial charge in [0.25, 0.3) is 5.91 Å². The summed E-state index contributed by atoms with van der Waals surface area (Å²) < 4.78 is 1.06. The summed E-state index contributed by atoms with van der Waals surface area (Å²) >= 11 is 6.43. The van der Waals surface area contributed by atoms with Gasteiger partial charge >= 0.3 is 0 Å². The van der Waals surface area contributed by atoms with Gasteiger partial charge in [0, 0.05) is 4.47 Å². The highest BCUT2D eigenvalue weighted by molar-refractivity contribution is 9.11. The van der Waals surface area contributed by atoms with Crippen molar-refractivity contribution in [1.82, 2.24) is 5.43 Å². The van der Waals surface area contributed by atoms with Gasteiger partial charge in [-0.2, -0.15) is 5.10 Å². The number of aromatic hydroxyl groups is 2. The molecule has 120 valence electrons. The summed E-state index contributed by atoms with van der Waals surface area (Å²) in [5.74, 6) is -0.444. The third-order valence-electron chi connectivity index (χ3n) is 3.17. The van der Waals surface area contributed by atoms with Crippen molar-refractivity contribution in [3.63, 3.8) is 0 Å². The van der Waals surface area contributed by atoms with E-state index in [0.29, 0.717) is 8.95 Å². The minimum absolute atomic E-state index is 0.0986. The number of hydrazone groups is 1. The fraction of sp³-hybridized carbons (Fsp3) is 0.125. The Labute approximate surface area is 150 Å². The smallest absolute Gasteiger partial charge is 0.275 e. The lowest BCUT2D eigenvalue weighted by atomic mass is 10.1. The van der Waals surface area contributed by atoms with Crippen molar-refractivity contribution in [2.45, 2.75) is 13.8 Å². The van der Waals surface area contributed by atoms with Gasteiger partial charge < -0.3 is 10.2 Å². The van der Waals surface area contributed by atoms with Crippen molar-refractivity contribution in [2.75, 3.05) is 0 Å². The molecule has 0 unspecified atom stereocenters. The number of carbonyl (C=O) groups excluding carboxylic acids is 1. The van der Waals surface area contributed by atoms with Gasteiger partial charge in [-0.1, -0.05) is 15.9 Å². The van der Waals surface area contributed by atoms with Gasteiger partial charge in [-0.15, -0.1) is 0 Å². The highest BCUT2D eigenvalue weighted by Gasteiger charge is 2.14. The van der Waals surface area contributed by atoms with Gasteiger partial charge in [0.15, 0.2) is 0 Å². The molecule has 0 aromatic heterocycles. The number of benzene rings is 2. The van der Waals surface area contributed by atoms with Crippen LogP contribution in [0.1, 0.15) is 27.0 Å². The van der Waals surface area contributed by atoms with Crippen LogP contribution in [0.4, 0.5) is 0 Å². The third-order valence-corrected chi connectivity index (χ3v) is 4.23. The molecule has 3 N–H and O–H groups in total. The van der Waals surface area contributed by atoms with E-state index in [-0.39, 0.29) is 17.1 Å². The molecular weight excluding hydrogens is 428 g/mol. The van der Waals surface area contributed by atoms with Crippen LogP contribution in [0, 0.1) is 13.8 Å². The fourth-order valence-electron chi connectivity index (χ4n) is 2.03. The first kappa shape index (κ1) is 17.5. The van der Waals surface area contributed by atoms with Crippen molar-refractivity contribution in [3.8, 4) is 11.5 Å². The van der Waals surface area contributed by atoms with E-state index in [0.717, 1.165) is 16.7 Å². The van der Waals surface area contributed by atoms with Gasteiger partial charge in [0.1, 0.15) is 11.5 Å². The van der Waals surface area contributed by atoms with Gasteiger partial charge in [-0.25, -0.2) is 5.43 Å². The number of halogens is 2. The Morgan fingerprint density at radius 1 is 1.09 bits per heavy atom. The van der Waals surface area contributed by atoms with Crippen LogP contribution < -0.4 is 5.43 Å². The Morgan fingerprint density at radius 3 is 2.30 bits per heavy atom. The summed E-state index contributed by atoms with van der Waals surface area (Å²) in [4.78, 5) is 12.1. The monoisotopic (exact) mass is 440 g/mol.